The summed E-state index contributed by atoms with van der Waals surface area (Å²) in [7, 11) is -4.29. The highest BCUT2D eigenvalue weighted by molar-refractivity contribution is 7.83. The lowest BCUT2D eigenvalue weighted by Crippen LogP contribution is -2.61. The van der Waals surface area contributed by atoms with Crippen molar-refractivity contribution in [3.8, 4) is 0 Å². The Kier molecular flexibility index (Phi) is 6.25. The predicted molar refractivity (Wildman–Crippen MR) is 58.4 cm³/mol. The minimum absolute atomic E-state index is 0.220. The lowest BCUT2D eigenvalue weighted by atomic mass is 10.1. The van der Waals surface area contributed by atoms with Gasteiger partial charge in [0, 0.05) is 19.6 Å². The monoisotopic (exact) mass is 240 g/mol. The van der Waals surface area contributed by atoms with E-state index in [1.54, 1.807) is 0 Å². The van der Waals surface area contributed by atoms with Crippen molar-refractivity contribution in [1.29, 1.82) is 0 Å². The second kappa shape index (κ2) is 6.36. The fourth-order valence-corrected chi connectivity index (χ4v) is 1.98. The number of rotatable bonds is 8. The first-order chi connectivity index (χ1) is 6.83. The van der Waals surface area contributed by atoms with E-state index in [-0.39, 0.29) is 6.54 Å². The van der Waals surface area contributed by atoms with Crippen LogP contribution in [0.4, 0.5) is 0 Å². The largest absolute Gasteiger partial charge is 0.334 e. The molecule has 0 saturated carbocycles. The summed E-state index contributed by atoms with van der Waals surface area (Å²) >= 11 is 0. The van der Waals surface area contributed by atoms with Gasteiger partial charge in [-0.15, -0.1) is 0 Å². The summed E-state index contributed by atoms with van der Waals surface area (Å²) in [6.07, 6.45) is 1.12. The normalized spacial score (nSPS) is 16.3. The molecule has 0 aromatic rings. The summed E-state index contributed by atoms with van der Waals surface area (Å²) < 4.78 is 32.0. The van der Waals surface area contributed by atoms with E-state index >= 15 is 0 Å². The number of hydrogen-bond donors (Lipinski definition) is 5. The molecule has 1 atom stereocenters. The van der Waals surface area contributed by atoms with Crippen LogP contribution in [0.5, 0.6) is 0 Å². The molecule has 8 heteroatoms. The lowest BCUT2D eigenvalue weighted by Gasteiger charge is -2.28. The van der Waals surface area contributed by atoms with Crippen LogP contribution in [0.3, 0.4) is 0 Å². The Balaban J connectivity index is 4.31. The molecule has 92 valence electrons. The van der Waals surface area contributed by atoms with Gasteiger partial charge in [0.2, 0.25) is 0 Å². The highest BCUT2D eigenvalue weighted by Crippen LogP contribution is 2.05. The third-order valence-corrected chi connectivity index (χ3v) is 2.45. The summed E-state index contributed by atoms with van der Waals surface area (Å²) in [4.78, 5) is 0. The highest BCUT2D eigenvalue weighted by Gasteiger charge is 2.27. The smallest absolute Gasteiger partial charge is 0.329 e. The Bertz CT molecular complexity index is 269. The van der Waals surface area contributed by atoms with Gasteiger partial charge in [-0.3, -0.25) is 4.55 Å². The van der Waals surface area contributed by atoms with Crippen LogP contribution in [0, 0.1) is 0 Å². The lowest BCUT2D eigenvalue weighted by molar-refractivity contribution is 0.326. The number of nitrogens with two attached hydrogens (primary N) is 2. The highest BCUT2D eigenvalue weighted by atomic mass is 32.2. The van der Waals surface area contributed by atoms with Crippen LogP contribution >= 0.6 is 0 Å². The van der Waals surface area contributed by atoms with Crippen LogP contribution in [-0.2, 0) is 10.3 Å². The summed E-state index contributed by atoms with van der Waals surface area (Å²) in [5.74, 6) is 0. The van der Waals surface area contributed by atoms with E-state index in [0.717, 1.165) is 0 Å². The fourth-order valence-electron chi connectivity index (χ4n) is 1.29. The Morgan fingerprint density at radius 2 is 2.07 bits per heavy atom. The summed E-state index contributed by atoms with van der Waals surface area (Å²) in [5.41, 5.74) is 9.88. The topological polar surface area (TPSA) is 130 Å². The molecule has 15 heavy (non-hydrogen) atoms. The van der Waals surface area contributed by atoms with Crippen molar-refractivity contribution in [3.63, 3.8) is 0 Å². The van der Waals surface area contributed by atoms with Crippen LogP contribution in [0.2, 0.25) is 0 Å². The molecule has 0 spiro atoms. The van der Waals surface area contributed by atoms with E-state index in [0.29, 0.717) is 25.9 Å². The van der Waals surface area contributed by atoms with Gasteiger partial charge in [0.1, 0.15) is 0 Å². The van der Waals surface area contributed by atoms with Crippen LogP contribution in [0.15, 0.2) is 0 Å². The van der Waals surface area contributed by atoms with E-state index in [1.165, 1.54) is 0 Å². The van der Waals surface area contributed by atoms with Crippen molar-refractivity contribution in [2.75, 3.05) is 19.6 Å². The number of nitrogens with one attached hydrogen (secondary N) is 2. The molecule has 0 aromatic heterocycles. The zero-order chi connectivity index (χ0) is 11.9. The maximum Gasteiger partial charge on any atom is 0.334 e. The molecule has 0 rings (SSSR count). The average molecular weight is 240 g/mol. The van der Waals surface area contributed by atoms with Crippen molar-refractivity contribution in [1.82, 2.24) is 10.0 Å². The van der Waals surface area contributed by atoms with Gasteiger partial charge in [0.05, 0.1) is 5.66 Å². The standard InChI is InChI=1S/C7H20N4O3S/c1-2-3-7(9,6-10-5-4-8)11-15(12,13)14/h10-11H,2-6,8-9H2,1H3,(H,12,13,14). The molecule has 0 amide bonds. The maximum absolute atomic E-state index is 10.7. The first kappa shape index (κ1) is 14.8. The summed E-state index contributed by atoms with van der Waals surface area (Å²) in [6.45, 7) is 3.07. The van der Waals surface area contributed by atoms with Gasteiger partial charge in [0.15, 0.2) is 0 Å². The molecule has 0 bridgehead atoms. The SMILES string of the molecule is CCCC(N)(CNCCN)NS(=O)(=O)O. The van der Waals surface area contributed by atoms with Gasteiger partial charge in [-0.2, -0.15) is 13.1 Å². The van der Waals surface area contributed by atoms with E-state index in [1.807, 2.05) is 11.6 Å². The van der Waals surface area contributed by atoms with Crippen LogP contribution in [0.25, 0.3) is 0 Å². The van der Waals surface area contributed by atoms with Gasteiger partial charge in [-0.05, 0) is 6.42 Å². The van der Waals surface area contributed by atoms with Crippen LogP contribution in [-0.4, -0.2) is 38.3 Å². The van der Waals surface area contributed by atoms with Crippen LogP contribution in [0.1, 0.15) is 19.8 Å². The molecule has 7 N–H and O–H groups in total. The van der Waals surface area contributed by atoms with Gasteiger partial charge in [-0.1, -0.05) is 13.3 Å². The summed E-state index contributed by atoms with van der Waals surface area (Å²) in [6, 6.07) is 0. The Labute approximate surface area is 90.5 Å². The molecular weight excluding hydrogens is 220 g/mol. The number of hydrogen-bond acceptors (Lipinski definition) is 5. The van der Waals surface area contributed by atoms with E-state index in [4.69, 9.17) is 16.0 Å². The third-order valence-electron chi connectivity index (χ3n) is 1.79. The second-order valence-electron chi connectivity index (χ2n) is 3.45. The molecule has 0 saturated heterocycles. The third kappa shape index (κ3) is 7.65. The summed E-state index contributed by atoms with van der Waals surface area (Å²) in [5, 5.41) is 2.90. The molecule has 0 heterocycles. The maximum atomic E-state index is 10.7. The van der Waals surface area contributed by atoms with Crippen LogP contribution < -0.4 is 21.5 Å². The Hall–Kier alpha value is -0.250. The molecule has 0 aliphatic rings. The zero-order valence-corrected chi connectivity index (χ0v) is 9.68. The molecule has 0 aromatic carbocycles. The quantitative estimate of drug-likeness (QED) is 0.197. The molecule has 1 unspecified atom stereocenters. The molecule has 0 fully saturated rings. The average Bonchev–Trinajstić information content (AvgIpc) is 2.01. The predicted octanol–water partition coefficient (Wildman–Crippen LogP) is -1.62. The van der Waals surface area contributed by atoms with Crippen molar-refractivity contribution in [3.05, 3.63) is 0 Å². The Morgan fingerprint density at radius 1 is 1.47 bits per heavy atom. The van der Waals surface area contributed by atoms with Crippen molar-refractivity contribution < 1.29 is 13.0 Å². The fraction of sp³-hybridized carbons (Fsp3) is 1.00. The van der Waals surface area contributed by atoms with Gasteiger partial charge in [0.25, 0.3) is 0 Å². The second-order valence-corrected chi connectivity index (χ2v) is 4.60. The van der Waals surface area contributed by atoms with E-state index in [9.17, 15) is 8.42 Å². The zero-order valence-electron chi connectivity index (χ0n) is 8.86. The van der Waals surface area contributed by atoms with Crippen molar-refractivity contribution in [2.45, 2.75) is 25.4 Å². The minimum atomic E-state index is -4.29. The van der Waals surface area contributed by atoms with Gasteiger partial charge < -0.3 is 16.8 Å². The molecule has 0 radical (unpaired) electrons. The van der Waals surface area contributed by atoms with Crippen molar-refractivity contribution >= 4 is 10.3 Å². The van der Waals surface area contributed by atoms with Gasteiger partial charge in [-0.25, -0.2) is 0 Å². The Morgan fingerprint density at radius 3 is 2.47 bits per heavy atom. The van der Waals surface area contributed by atoms with Crippen molar-refractivity contribution in [2.24, 2.45) is 11.5 Å². The van der Waals surface area contributed by atoms with E-state index in [2.05, 4.69) is 5.32 Å². The van der Waals surface area contributed by atoms with E-state index < -0.39 is 16.0 Å². The molecular formula is C7H20N4O3S. The van der Waals surface area contributed by atoms with Gasteiger partial charge >= 0.3 is 10.3 Å². The molecule has 0 aliphatic heterocycles. The first-order valence-corrected chi connectivity index (χ1v) is 6.23. The first-order valence-electron chi connectivity index (χ1n) is 4.79. The minimum Gasteiger partial charge on any atom is -0.329 e. The molecule has 0 aliphatic carbocycles. The molecule has 7 nitrogen and oxygen atoms in total.